The molecule has 0 aromatic rings. The molecule has 0 aromatic heterocycles. The van der Waals surface area contributed by atoms with Crippen molar-refractivity contribution >= 4 is 17.6 Å². The molecule has 0 saturated heterocycles. The fourth-order valence-electron chi connectivity index (χ4n) is 3.93. The number of carbonyl (C=O) groups is 2. The van der Waals surface area contributed by atoms with Gasteiger partial charge in [0.15, 0.2) is 11.7 Å². The molecule has 0 aliphatic carbocycles. The fraction of sp³-hybridized carbons (Fsp3) is 0.889. The van der Waals surface area contributed by atoms with Crippen LogP contribution in [0.15, 0.2) is 4.99 Å². The molecule has 1 unspecified atom stereocenters. The Morgan fingerprint density at radius 3 is 1.64 bits per heavy atom. The first-order valence-electron chi connectivity index (χ1n) is 13.4. The number of aliphatic imine (C=N–C) groups is 1. The van der Waals surface area contributed by atoms with Crippen molar-refractivity contribution < 1.29 is 9.59 Å². The summed E-state index contributed by atoms with van der Waals surface area (Å²) in [6, 6.07) is -0.411. The van der Waals surface area contributed by atoms with E-state index in [4.69, 9.17) is 11.5 Å². The van der Waals surface area contributed by atoms with Gasteiger partial charge in [0.2, 0.25) is 5.91 Å². The zero-order valence-corrected chi connectivity index (χ0v) is 21.1. The third kappa shape index (κ3) is 23.4. The maximum absolute atomic E-state index is 12.8. The molecule has 5 N–H and O–H groups in total. The maximum Gasteiger partial charge on any atom is 0.220 e. The van der Waals surface area contributed by atoms with Crippen LogP contribution in [-0.4, -0.2) is 30.2 Å². The SMILES string of the molecule is C.CCCCCCCCCCCCC(=O)C(CCCN=C(N)N)NC(=O)CCCCCCC. The predicted molar refractivity (Wildman–Crippen MR) is 143 cm³/mol. The van der Waals surface area contributed by atoms with E-state index in [1.165, 1.54) is 70.6 Å². The summed E-state index contributed by atoms with van der Waals surface area (Å²) < 4.78 is 0. The Hall–Kier alpha value is -1.59. The van der Waals surface area contributed by atoms with E-state index in [1.807, 2.05) is 0 Å². The average molecular weight is 469 g/mol. The minimum absolute atomic E-state index is 0. The van der Waals surface area contributed by atoms with E-state index in [1.54, 1.807) is 0 Å². The number of ketones is 1. The van der Waals surface area contributed by atoms with Gasteiger partial charge in [-0.15, -0.1) is 0 Å². The summed E-state index contributed by atoms with van der Waals surface area (Å²) in [5.41, 5.74) is 10.8. The van der Waals surface area contributed by atoms with Crippen LogP contribution in [0.4, 0.5) is 0 Å². The molecule has 1 amide bonds. The van der Waals surface area contributed by atoms with Crippen molar-refractivity contribution in [3.8, 4) is 0 Å². The van der Waals surface area contributed by atoms with Crippen LogP contribution in [0.1, 0.15) is 143 Å². The summed E-state index contributed by atoms with van der Waals surface area (Å²) >= 11 is 0. The standard InChI is InChI=1S/C26H52N4O2.CH4/c1-3-5-7-9-10-11-12-13-15-16-20-24(31)23(19-18-22-29-26(27)28)30-25(32)21-17-14-8-6-4-2;/h23H,3-22H2,1-2H3,(H,30,32)(H4,27,28,29);1H4. The van der Waals surface area contributed by atoms with Crippen molar-refractivity contribution in [1.29, 1.82) is 0 Å². The zero-order valence-electron chi connectivity index (χ0n) is 21.1. The van der Waals surface area contributed by atoms with Crippen molar-refractivity contribution in [1.82, 2.24) is 5.32 Å². The Bertz CT molecular complexity index is 491. The highest BCUT2D eigenvalue weighted by Gasteiger charge is 2.19. The van der Waals surface area contributed by atoms with Crippen LogP contribution in [-0.2, 0) is 9.59 Å². The number of hydrogen-bond acceptors (Lipinski definition) is 3. The summed E-state index contributed by atoms with van der Waals surface area (Å²) in [6.07, 6.45) is 20.3. The molecule has 6 nitrogen and oxygen atoms in total. The van der Waals surface area contributed by atoms with Crippen LogP contribution in [0.2, 0.25) is 0 Å². The Morgan fingerprint density at radius 2 is 1.15 bits per heavy atom. The van der Waals surface area contributed by atoms with Gasteiger partial charge in [0.25, 0.3) is 0 Å². The smallest absolute Gasteiger partial charge is 0.220 e. The first-order chi connectivity index (χ1) is 15.5. The van der Waals surface area contributed by atoms with E-state index in [9.17, 15) is 9.59 Å². The number of nitrogens with zero attached hydrogens (tertiary/aromatic N) is 1. The molecule has 0 radical (unpaired) electrons. The molecule has 0 bridgehead atoms. The van der Waals surface area contributed by atoms with E-state index in [0.717, 1.165) is 25.7 Å². The lowest BCUT2D eigenvalue weighted by molar-refractivity contribution is -0.128. The lowest BCUT2D eigenvalue weighted by atomic mass is 10.00. The summed E-state index contributed by atoms with van der Waals surface area (Å²) in [6.45, 7) is 4.91. The van der Waals surface area contributed by atoms with Gasteiger partial charge in [-0.25, -0.2) is 0 Å². The molecule has 0 rings (SSSR count). The number of hydrogen-bond donors (Lipinski definition) is 3. The van der Waals surface area contributed by atoms with Crippen LogP contribution >= 0.6 is 0 Å². The number of amides is 1. The zero-order chi connectivity index (χ0) is 23.9. The summed E-state index contributed by atoms with van der Waals surface area (Å²) in [4.78, 5) is 29.1. The van der Waals surface area contributed by atoms with Crippen molar-refractivity contribution in [3.05, 3.63) is 0 Å². The second-order valence-corrected chi connectivity index (χ2v) is 9.13. The lowest BCUT2D eigenvalue weighted by Crippen LogP contribution is -2.40. The first-order valence-corrected chi connectivity index (χ1v) is 13.4. The summed E-state index contributed by atoms with van der Waals surface area (Å²) in [7, 11) is 0. The third-order valence-corrected chi connectivity index (χ3v) is 5.95. The quantitative estimate of drug-likeness (QED) is 0.0914. The van der Waals surface area contributed by atoms with Crippen LogP contribution in [0, 0.1) is 0 Å². The second-order valence-electron chi connectivity index (χ2n) is 9.13. The predicted octanol–water partition coefficient (Wildman–Crippen LogP) is 6.40. The van der Waals surface area contributed by atoms with Gasteiger partial charge in [-0.1, -0.05) is 105 Å². The first kappa shape index (κ1) is 33.6. The van der Waals surface area contributed by atoms with Gasteiger partial charge in [-0.05, 0) is 25.7 Å². The lowest BCUT2D eigenvalue weighted by Gasteiger charge is -2.17. The van der Waals surface area contributed by atoms with Crippen LogP contribution in [0.5, 0.6) is 0 Å². The van der Waals surface area contributed by atoms with Crippen LogP contribution in [0.3, 0.4) is 0 Å². The molecular formula is C27H56N4O2. The molecule has 0 spiro atoms. The van der Waals surface area contributed by atoms with Crippen LogP contribution in [0.25, 0.3) is 0 Å². The minimum atomic E-state index is -0.411. The molecule has 6 heteroatoms. The van der Waals surface area contributed by atoms with Crippen molar-refractivity contribution in [2.75, 3.05) is 6.54 Å². The van der Waals surface area contributed by atoms with Gasteiger partial charge in [-0.3, -0.25) is 14.6 Å². The highest BCUT2D eigenvalue weighted by Crippen LogP contribution is 2.13. The van der Waals surface area contributed by atoms with Crippen molar-refractivity contribution in [2.24, 2.45) is 16.5 Å². The van der Waals surface area contributed by atoms with Crippen molar-refractivity contribution in [2.45, 2.75) is 149 Å². The van der Waals surface area contributed by atoms with Gasteiger partial charge in [0.05, 0.1) is 6.04 Å². The molecule has 0 saturated carbocycles. The molecule has 196 valence electrons. The number of nitrogens with one attached hydrogen (secondary N) is 1. The normalized spacial score (nSPS) is 11.5. The summed E-state index contributed by atoms with van der Waals surface area (Å²) in [5, 5.41) is 2.98. The maximum atomic E-state index is 12.8. The molecule has 0 heterocycles. The number of Topliss-reactive ketones (excluding diaryl/α,β-unsaturated/α-hetero) is 1. The van der Waals surface area contributed by atoms with E-state index in [0.29, 0.717) is 32.2 Å². The van der Waals surface area contributed by atoms with Gasteiger partial charge >= 0.3 is 0 Å². The Kier molecular flexibility index (Phi) is 25.5. The number of rotatable bonds is 23. The topological polar surface area (TPSA) is 111 Å². The van der Waals surface area contributed by atoms with Crippen LogP contribution < -0.4 is 16.8 Å². The van der Waals surface area contributed by atoms with E-state index in [2.05, 4.69) is 24.2 Å². The van der Waals surface area contributed by atoms with Gasteiger partial charge < -0.3 is 16.8 Å². The van der Waals surface area contributed by atoms with E-state index >= 15 is 0 Å². The second kappa shape index (κ2) is 25.0. The Labute approximate surface area is 205 Å². The fourth-order valence-corrected chi connectivity index (χ4v) is 3.93. The van der Waals surface area contributed by atoms with Gasteiger partial charge in [0.1, 0.15) is 0 Å². The monoisotopic (exact) mass is 468 g/mol. The van der Waals surface area contributed by atoms with E-state index in [-0.39, 0.29) is 25.1 Å². The average Bonchev–Trinajstić information content (AvgIpc) is 2.76. The molecule has 1 atom stereocenters. The Morgan fingerprint density at radius 1 is 0.697 bits per heavy atom. The summed E-state index contributed by atoms with van der Waals surface area (Å²) in [5.74, 6) is 0.202. The molecule has 33 heavy (non-hydrogen) atoms. The molecular weight excluding hydrogens is 412 g/mol. The highest BCUT2D eigenvalue weighted by molar-refractivity contribution is 5.89. The number of guanidine groups is 1. The third-order valence-electron chi connectivity index (χ3n) is 5.95. The van der Waals surface area contributed by atoms with Crippen molar-refractivity contribution in [3.63, 3.8) is 0 Å². The highest BCUT2D eigenvalue weighted by atomic mass is 16.2. The van der Waals surface area contributed by atoms with E-state index < -0.39 is 6.04 Å². The largest absolute Gasteiger partial charge is 0.370 e. The van der Waals surface area contributed by atoms with Gasteiger partial charge in [-0.2, -0.15) is 0 Å². The molecule has 0 aromatic carbocycles. The molecule has 0 aliphatic rings. The van der Waals surface area contributed by atoms with Gasteiger partial charge in [0, 0.05) is 19.4 Å². The minimum Gasteiger partial charge on any atom is -0.370 e. The number of carbonyl (C=O) groups excluding carboxylic acids is 2. The Balaban J connectivity index is 0. The number of nitrogens with two attached hydrogens (primary N) is 2. The molecule has 0 fully saturated rings. The number of unbranched alkanes of at least 4 members (excludes halogenated alkanes) is 13. The molecule has 0 aliphatic heterocycles.